The molecule has 0 bridgehead atoms. The maximum absolute atomic E-state index is 12.5. The van der Waals surface area contributed by atoms with Crippen molar-refractivity contribution in [2.75, 3.05) is 5.75 Å². The number of carboxylic acids is 1. The van der Waals surface area contributed by atoms with Crippen LogP contribution in [0.25, 0.3) is 0 Å². The van der Waals surface area contributed by atoms with Crippen LogP contribution in [0, 0.1) is 0 Å². The second kappa shape index (κ2) is 9.15. The molecule has 2 aliphatic rings. The number of aromatic hydroxyl groups is 1. The number of nitrogens with zero attached hydrogens (tertiary/aromatic N) is 1. The van der Waals surface area contributed by atoms with E-state index in [0.29, 0.717) is 16.9 Å². The van der Waals surface area contributed by atoms with E-state index in [2.05, 4.69) is 5.32 Å². The minimum Gasteiger partial charge on any atom is -0.543 e. The molecule has 0 radical (unpaired) electrons. The van der Waals surface area contributed by atoms with Gasteiger partial charge in [0.2, 0.25) is 5.91 Å². The number of amides is 2. The van der Waals surface area contributed by atoms with Gasteiger partial charge in [0.25, 0.3) is 5.91 Å². The second-order valence-corrected chi connectivity index (χ2v) is 7.23. The summed E-state index contributed by atoms with van der Waals surface area (Å²) in [6.45, 7) is 1.75. The standard InChI is InChI=1S/C18H19N3O5S.Na/c1-2-3-10-8-27-17-13(16(24)21(17)14(10)18(25)26)20-15(23)12(19)9-4-6-11(22)7-5-9;/h2-7,12-13,17,22H,8,19H2,1H3,(H,20,23)(H,25,26);/q;+1/p-1/b3-2+;/t12?,13?,17-;/m0./s1. The minimum atomic E-state index is -1.42. The van der Waals surface area contributed by atoms with E-state index in [-0.39, 0.29) is 41.0 Å². The first-order valence-electron chi connectivity index (χ1n) is 8.22. The Morgan fingerprint density at radius 3 is 2.61 bits per heavy atom. The van der Waals surface area contributed by atoms with Crippen LogP contribution in [0.4, 0.5) is 0 Å². The van der Waals surface area contributed by atoms with Crippen molar-refractivity contribution < 1.29 is 54.2 Å². The molecule has 2 aliphatic heterocycles. The van der Waals surface area contributed by atoms with Gasteiger partial charge in [0.15, 0.2) is 0 Å². The molecule has 4 N–H and O–H groups in total. The number of rotatable bonds is 5. The minimum absolute atomic E-state index is 0. The molecule has 28 heavy (non-hydrogen) atoms. The molecule has 0 aliphatic carbocycles. The predicted octanol–water partition coefficient (Wildman–Crippen LogP) is -3.62. The Balaban J connectivity index is 0.00000280. The number of aliphatic carboxylic acids is 1. The van der Waals surface area contributed by atoms with Crippen LogP contribution in [-0.2, 0) is 14.4 Å². The molecule has 3 rings (SSSR count). The smallest absolute Gasteiger partial charge is 0.543 e. The molecule has 2 unspecified atom stereocenters. The molecule has 0 aromatic heterocycles. The SMILES string of the molecule is C/C=C/C1=C(C(=O)[O-])N2C(=O)C(NC(=O)C(N)c3ccc(O)cc3)[C@@H]2SC1.[Na+]. The van der Waals surface area contributed by atoms with Crippen LogP contribution in [0.2, 0.25) is 0 Å². The van der Waals surface area contributed by atoms with Gasteiger partial charge in [-0.25, -0.2) is 0 Å². The molecular formula is C18H18N3NaO5S. The van der Waals surface area contributed by atoms with Crippen LogP contribution in [0.3, 0.4) is 0 Å². The largest absolute Gasteiger partial charge is 1.00 e. The summed E-state index contributed by atoms with van der Waals surface area (Å²) >= 11 is 1.36. The molecule has 3 atom stereocenters. The van der Waals surface area contributed by atoms with Gasteiger partial charge in [-0.05, 0) is 30.2 Å². The second-order valence-electron chi connectivity index (χ2n) is 6.13. The molecule has 1 fully saturated rings. The van der Waals surface area contributed by atoms with Crippen LogP contribution in [0.1, 0.15) is 18.5 Å². The van der Waals surface area contributed by atoms with E-state index in [1.807, 2.05) is 0 Å². The number of β-lactam (4-membered cyclic amide) rings is 1. The Kier molecular flexibility index (Phi) is 7.35. The van der Waals surface area contributed by atoms with Gasteiger partial charge in [0.1, 0.15) is 23.2 Å². The van der Waals surface area contributed by atoms with Crippen molar-refractivity contribution in [3.8, 4) is 5.75 Å². The fraction of sp³-hybridized carbons (Fsp3) is 0.278. The number of phenols is 1. The topological polar surface area (TPSA) is 136 Å². The monoisotopic (exact) mass is 411 g/mol. The van der Waals surface area contributed by atoms with Crippen molar-refractivity contribution in [3.05, 3.63) is 53.3 Å². The van der Waals surface area contributed by atoms with E-state index in [0.717, 1.165) is 4.90 Å². The number of carbonyl (C=O) groups excluding carboxylic acids is 3. The summed E-state index contributed by atoms with van der Waals surface area (Å²) in [5.41, 5.74) is 6.74. The number of nitrogens with two attached hydrogens (primary N) is 1. The molecule has 1 saturated heterocycles. The van der Waals surface area contributed by atoms with E-state index in [4.69, 9.17) is 5.73 Å². The van der Waals surface area contributed by atoms with Crippen LogP contribution < -0.4 is 45.7 Å². The summed E-state index contributed by atoms with van der Waals surface area (Å²) in [5, 5.41) is 22.9. The van der Waals surface area contributed by atoms with Gasteiger partial charge in [-0.1, -0.05) is 24.3 Å². The third kappa shape index (κ3) is 4.13. The average molecular weight is 411 g/mol. The zero-order valence-corrected chi connectivity index (χ0v) is 18.2. The maximum Gasteiger partial charge on any atom is 1.00 e. The Hall–Kier alpha value is -1.78. The van der Waals surface area contributed by atoms with Crippen LogP contribution >= 0.6 is 11.8 Å². The number of carbonyl (C=O) groups is 3. The first-order chi connectivity index (χ1) is 12.8. The molecule has 10 heteroatoms. The van der Waals surface area contributed by atoms with Crippen molar-refractivity contribution >= 4 is 29.5 Å². The molecule has 0 spiro atoms. The summed E-state index contributed by atoms with van der Waals surface area (Å²) in [7, 11) is 0. The van der Waals surface area contributed by atoms with E-state index in [9.17, 15) is 24.6 Å². The van der Waals surface area contributed by atoms with Crippen molar-refractivity contribution in [1.82, 2.24) is 10.2 Å². The normalized spacial score (nSPS) is 22.2. The first kappa shape index (κ1) is 22.5. The van der Waals surface area contributed by atoms with Crippen LogP contribution in [0.15, 0.2) is 47.7 Å². The number of allylic oxidation sites excluding steroid dienone is 2. The molecule has 8 nitrogen and oxygen atoms in total. The third-order valence-corrected chi connectivity index (χ3v) is 5.69. The Morgan fingerprint density at radius 2 is 2.04 bits per heavy atom. The van der Waals surface area contributed by atoms with Gasteiger partial charge < -0.3 is 26.1 Å². The molecule has 142 valence electrons. The van der Waals surface area contributed by atoms with Crippen LogP contribution in [0.5, 0.6) is 5.75 Å². The van der Waals surface area contributed by atoms with Crippen molar-refractivity contribution in [3.63, 3.8) is 0 Å². The number of carboxylic acid groups (broad SMARTS) is 1. The fourth-order valence-electron chi connectivity index (χ4n) is 3.04. The van der Waals surface area contributed by atoms with E-state index < -0.39 is 35.2 Å². The van der Waals surface area contributed by atoms with E-state index >= 15 is 0 Å². The average Bonchev–Trinajstić information content (AvgIpc) is 2.65. The van der Waals surface area contributed by atoms with Crippen molar-refractivity contribution in [1.29, 1.82) is 0 Å². The molecule has 1 aromatic rings. The zero-order valence-electron chi connectivity index (χ0n) is 15.4. The van der Waals surface area contributed by atoms with Gasteiger partial charge in [0, 0.05) is 5.75 Å². The summed E-state index contributed by atoms with van der Waals surface area (Å²) in [6, 6.07) is 3.99. The van der Waals surface area contributed by atoms with E-state index in [1.54, 1.807) is 19.1 Å². The van der Waals surface area contributed by atoms with Crippen molar-refractivity contribution in [2.24, 2.45) is 5.73 Å². The van der Waals surface area contributed by atoms with Gasteiger partial charge in [-0.3, -0.25) is 14.5 Å². The molecule has 1 aromatic carbocycles. The van der Waals surface area contributed by atoms with Gasteiger partial charge >= 0.3 is 29.6 Å². The Morgan fingerprint density at radius 1 is 1.39 bits per heavy atom. The molecular weight excluding hydrogens is 393 g/mol. The first-order valence-corrected chi connectivity index (χ1v) is 9.26. The zero-order chi connectivity index (χ0) is 19.7. The number of hydrogen-bond donors (Lipinski definition) is 3. The number of phenolic OH excluding ortho intramolecular Hbond substituents is 1. The number of fused-ring (bicyclic) bond motifs is 1. The van der Waals surface area contributed by atoms with E-state index in [1.165, 1.54) is 36.0 Å². The summed E-state index contributed by atoms with van der Waals surface area (Å²) in [5.74, 6) is -2.06. The number of thioether (sulfide) groups is 1. The number of hydrogen-bond acceptors (Lipinski definition) is 7. The molecule has 0 saturated carbocycles. The Bertz CT molecular complexity index is 855. The quantitative estimate of drug-likeness (QED) is 0.336. The summed E-state index contributed by atoms with van der Waals surface area (Å²) in [4.78, 5) is 37.5. The fourth-order valence-corrected chi connectivity index (χ4v) is 4.36. The van der Waals surface area contributed by atoms with Gasteiger partial charge in [0.05, 0.1) is 11.7 Å². The molecule has 2 amide bonds. The van der Waals surface area contributed by atoms with Gasteiger partial charge in [-0.2, -0.15) is 0 Å². The number of benzene rings is 1. The van der Waals surface area contributed by atoms with Crippen molar-refractivity contribution in [2.45, 2.75) is 24.4 Å². The summed E-state index contributed by atoms with van der Waals surface area (Å²) in [6.07, 6.45) is 3.33. The maximum atomic E-state index is 12.5. The third-order valence-electron chi connectivity index (χ3n) is 4.39. The number of nitrogens with one attached hydrogen (secondary N) is 1. The summed E-state index contributed by atoms with van der Waals surface area (Å²) < 4.78 is 0. The van der Waals surface area contributed by atoms with Crippen LogP contribution in [-0.4, -0.2) is 45.0 Å². The van der Waals surface area contributed by atoms with Gasteiger partial charge in [-0.15, -0.1) is 11.8 Å². The predicted molar refractivity (Wildman–Crippen MR) is 96.9 cm³/mol. The Labute approximate surface area is 188 Å². The molecule has 2 heterocycles.